The fourth-order valence-electron chi connectivity index (χ4n) is 2.41. The number of nitrogens with zero attached hydrogens (tertiary/aromatic N) is 1. The molecule has 1 aliphatic rings. The zero-order valence-electron chi connectivity index (χ0n) is 11.0. The van der Waals surface area contributed by atoms with Crippen molar-refractivity contribution in [3.63, 3.8) is 0 Å². The first kappa shape index (κ1) is 13.3. The number of hydrogen-bond acceptors (Lipinski definition) is 3. The van der Waals surface area contributed by atoms with E-state index in [-0.39, 0.29) is 5.82 Å². The van der Waals surface area contributed by atoms with E-state index >= 15 is 0 Å². The molecule has 1 atom stereocenters. The Kier molecular flexibility index (Phi) is 3.88. The van der Waals surface area contributed by atoms with Gasteiger partial charge in [-0.05, 0) is 43.7 Å². The zero-order chi connectivity index (χ0) is 13.2. The van der Waals surface area contributed by atoms with Crippen LogP contribution in [-0.4, -0.2) is 30.3 Å². The third-order valence-electron chi connectivity index (χ3n) is 3.40. The summed E-state index contributed by atoms with van der Waals surface area (Å²) in [6.07, 6.45) is 0.755. The number of rotatable bonds is 4. The molecule has 0 aliphatic carbocycles. The summed E-state index contributed by atoms with van der Waals surface area (Å²) in [4.78, 5) is 2.13. The van der Waals surface area contributed by atoms with E-state index in [2.05, 4.69) is 10.2 Å². The number of nitrogens with one attached hydrogen (secondary N) is 1. The van der Waals surface area contributed by atoms with Crippen LogP contribution >= 0.6 is 0 Å². The second kappa shape index (κ2) is 5.24. The van der Waals surface area contributed by atoms with E-state index in [1.54, 1.807) is 6.07 Å². The number of halogens is 1. The van der Waals surface area contributed by atoms with Crippen LogP contribution in [0.5, 0.6) is 0 Å². The Balaban J connectivity index is 2.21. The highest BCUT2D eigenvalue weighted by Gasteiger charge is 2.32. The summed E-state index contributed by atoms with van der Waals surface area (Å²) in [5.74, 6) is -0.211. The molecule has 2 rings (SSSR count). The lowest BCUT2D eigenvalue weighted by Gasteiger charge is -2.23. The normalized spacial score (nSPS) is 23.7. The van der Waals surface area contributed by atoms with Gasteiger partial charge in [0.15, 0.2) is 0 Å². The van der Waals surface area contributed by atoms with Crippen molar-refractivity contribution in [1.82, 2.24) is 5.32 Å². The van der Waals surface area contributed by atoms with E-state index in [0.717, 1.165) is 30.8 Å². The molecule has 0 bridgehead atoms. The van der Waals surface area contributed by atoms with Gasteiger partial charge in [0.2, 0.25) is 0 Å². The zero-order valence-corrected chi connectivity index (χ0v) is 11.0. The highest BCUT2D eigenvalue weighted by Crippen LogP contribution is 2.29. The molecule has 1 aromatic rings. The van der Waals surface area contributed by atoms with Crippen molar-refractivity contribution in [2.45, 2.75) is 32.4 Å². The van der Waals surface area contributed by atoms with E-state index in [4.69, 9.17) is 0 Å². The molecule has 100 valence electrons. The van der Waals surface area contributed by atoms with E-state index < -0.39 is 5.60 Å². The SMILES string of the molecule is CCNCc1cc(F)ccc1N1CCC(C)(O)C1. The summed E-state index contributed by atoms with van der Waals surface area (Å²) in [6.45, 7) is 6.81. The van der Waals surface area contributed by atoms with E-state index in [1.807, 2.05) is 19.9 Å². The average Bonchev–Trinajstić information content (AvgIpc) is 2.67. The van der Waals surface area contributed by atoms with Gasteiger partial charge in [0.25, 0.3) is 0 Å². The van der Waals surface area contributed by atoms with Crippen LogP contribution in [0.2, 0.25) is 0 Å². The highest BCUT2D eigenvalue weighted by atomic mass is 19.1. The fraction of sp³-hybridized carbons (Fsp3) is 0.571. The average molecular weight is 252 g/mol. The van der Waals surface area contributed by atoms with Gasteiger partial charge in [0, 0.05) is 25.3 Å². The summed E-state index contributed by atoms with van der Waals surface area (Å²) >= 11 is 0. The molecular formula is C14H21FN2O. The lowest BCUT2D eigenvalue weighted by Crippen LogP contribution is -2.30. The summed E-state index contributed by atoms with van der Waals surface area (Å²) in [6, 6.07) is 4.87. The van der Waals surface area contributed by atoms with Crippen molar-refractivity contribution in [3.8, 4) is 0 Å². The van der Waals surface area contributed by atoms with Gasteiger partial charge in [-0.2, -0.15) is 0 Å². The summed E-state index contributed by atoms with van der Waals surface area (Å²) in [5.41, 5.74) is 1.34. The first-order valence-electron chi connectivity index (χ1n) is 6.48. The quantitative estimate of drug-likeness (QED) is 0.859. The summed E-state index contributed by atoms with van der Waals surface area (Å²) in [5, 5.41) is 13.2. The number of aliphatic hydroxyl groups is 1. The van der Waals surface area contributed by atoms with Crippen molar-refractivity contribution < 1.29 is 9.50 Å². The van der Waals surface area contributed by atoms with Crippen molar-refractivity contribution in [3.05, 3.63) is 29.6 Å². The van der Waals surface area contributed by atoms with Crippen LogP contribution in [0.25, 0.3) is 0 Å². The van der Waals surface area contributed by atoms with Gasteiger partial charge in [-0.1, -0.05) is 6.92 Å². The topological polar surface area (TPSA) is 35.5 Å². The lowest BCUT2D eigenvalue weighted by atomic mass is 10.1. The first-order chi connectivity index (χ1) is 8.52. The van der Waals surface area contributed by atoms with E-state index in [1.165, 1.54) is 6.07 Å². The van der Waals surface area contributed by atoms with Crippen LogP contribution in [-0.2, 0) is 6.54 Å². The predicted octanol–water partition coefficient (Wildman–Crippen LogP) is 1.90. The van der Waals surface area contributed by atoms with Gasteiger partial charge in [-0.15, -0.1) is 0 Å². The molecule has 3 nitrogen and oxygen atoms in total. The summed E-state index contributed by atoms with van der Waals surface area (Å²) in [7, 11) is 0. The van der Waals surface area contributed by atoms with Gasteiger partial charge in [0.05, 0.1) is 5.60 Å². The molecule has 0 radical (unpaired) electrons. The Hall–Kier alpha value is -1.13. The highest BCUT2D eigenvalue weighted by molar-refractivity contribution is 5.55. The lowest BCUT2D eigenvalue weighted by molar-refractivity contribution is 0.0839. The number of β-amino-alcohol motifs (C(OH)–C–C–N with tert-alkyl or cyclic N) is 1. The minimum Gasteiger partial charge on any atom is -0.388 e. The van der Waals surface area contributed by atoms with Crippen LogP contribution in [0.3, 0.4) is 0 Å². The van der Waals surface area contributed by atoms with Crippen LogP contribution in [0.1, 0.15) is 25.8 Å². The van der Waals surface area contributed by atoms with E-state index in [0.29, 0.717) is 13.1 Å². The van der Waals surface area contributed by atoms with Gasteiger partial charge in [-0.25, -0.2) is 4.39 Å². The maximum absolute atomic E-state index is 13.3. The van der Waals surface area contributed by atoms with Crippen molar-refractivity contribution in [2.75, 3.05) is 24.5 Å². The predicted molar refractivity (Wildman–Crippen MR) is 71.2 cm³/mol. The molecule has 1 unspecified atom stereocenters. The van der Waals surface area contributed by atoms with Gasteiger partial charge in [-0.3, -0.25) is 0 Å². The number of benzene rings is 1. The van der Waals surface area contributed by atoms with Crippen LogP contribution in [0.4, 0.5) is 10.1 Å². The van der Waals surface area contributed by atoms with E-state index in [9.17, 15) is 9.50 Å². The molecule has 2 N–H and O–H groups in total. The molecule has 0 saturated carbocycles. The second-order valence-corrected chi connectivity index (χ2v) is 5.22. The van der Waals surface area contributed by atoms with Gasteiger partial charge >= 0.3 is 0 Å². The second-order valence-electron chi connectivity index (χ2n) is 5.22. The Morgan fingerprint density at radius 3 is 2.89 bits per heavy atom. The standard InChI is InChI=1S/C14H21FN2O/c1-3-16-9-11-8-12(15)4-5-13(11)17-7-6-14(2,18)10-17/h4-5,8,16,18H,3,6-7,9-10H2,1-2H3. The van der Waals surface area contributed by atoms with Crippen molar-refractivity contribution in [2.24, 2.45) is 0 Å². The van der Waals surface area contributed by atoms with Crippen LogP contribution in [0.15, 0.2) is 18.2 Å². The smallest absolute Gasteiger partial charge is 0.123 e. The number of hydrogen-bond donors (Lipinski definition) is 2. The maximum Gasteiger partial charge on any atom is 0.123 e. The molecule has 1 saturated heterocycles. The monoisotopic (exact) mass is 252 g/mol. The van der Waals surface area contributed by atoms with Crippen LogP contribution < -0.4 is 10.2 Å². The third-order valence-corrected chi connectivity index (χ3v) is 3.40. The van der Waals surface area contributed by atoms with Gasteiger partial charge in [0.1, 0.15) is 5.82 Å². The molecule has 0 spiro atoms. The third kappa shape index (κ3) is 3.00. The molecule has 1 heterocycles. The maximum atomic E-state index is 13.3. The molecule has 4 heteroatoms. The summed E-state index contributed by atoms with van der Waals surface area (Å²) < 4.78 is 13.3. The Morgan fingerprint density at radius 2 is 2.28 bits per heavy atom. The Morgan fingerprint density at radius 1 is 1.50 bits per heavy atom. The Labute approximate surface area is 108 Å². The molecule has 0 amide bonds. The minimum absolute atomic E-state index is 0.211. The molecule has 0 aromatic heterocycles. The molecule has 1 aliphatic heterocycles. The molecule has 1 aromatic carbocycles. The largest absolute Gasteiger partial charge is 0.388 e. The molecule has 1 fully saturated rings. The minimum atomic E-state index is -0.635. The van der Waals surface area contributed by atoms with Crippen molar-refractivity contribution >= 4 is 5.69 Å². The molecular weight excluding hydrogens is 231 g/mol. The fourth-order valence-corrected chi connectivity index (χ4v) is 2.41. The van der Waals surface area contributed by atoms with Gasteiger partial charge < -0.3 is 15.3 Å². The first-order valence-corrected chi connectivity index (χ1v) is 6.48. The van der Waals surface area contributed by atoms with Crippen LogP contribution in [0, 0.1) is 5.82 Å². The Bertz CT molecular complexity index is 420. The number of anilines is 1. The molecule has 18 heavy (non-hydrogen) atoms. The van der Waals surface area contributed by atoms with Crippen molar-refractivity contribution in [1.29, 1.82) is 0 Å².